The van der Waals surface area contributed by atoms with Crippen molar-refractivity contribution in [1.82, 2.24) is 9.62 Å². The van der Waals surface area contributed by atoms with E-state index in [9.17, 15) is 17.6 Å². The molecule has 186 valence electrons. The second-order valence-electron chi connectivity index (χ2n) is 8.23. The predicted octanol–water partition coefficient (Wildman–Crippen LogP) is 3.31. The molecule has 0 unspecified atom stereocenters. The molecule has 1 N–H and O–H groups in total. The molecule has 1 aliphatic heterocycles. The molecule has 0 spiro atoms. The standard InChI is InChI=1S/C25H28FN3O4S2/c1-33-24-9-8-22(35(31,32)27-11-10-19-4-6-20(26)7-5-19)18-23(24)28-12-14-29(15-13-28)25(30)17-21-3-2-16-34-21/h2-9,16,18,27H,10-15,17H2,1H3. The summed E-state index contributed by atoms with van der Waals surface area (Å²) in [6, 6.07) is 14.7. The van der Waals surface area contributed by atoms with Crippen LogP contribution in [0.2, 0.25) is 0 Å². The fourth-order valence-electron chi connectivity index (χ4n) is 4.02. The Morgan fingerprint density at radius 3 is 2.49 bits per heavy atom. The van der Waals surface area contributed by atoms with Crippen molar-refractivity contribution in [3.8, 4) is 5.75 Å². The summed E-state index contributed by atoms with van der Waals surface area (Å²) in [5.74, 6) is 0.349. The lowest BCUT2D eigenvalue weighted by Crippen LogP contribution is -2.49. The molecule has 1 aromatic heterocycles. The third-order valence-corrected chi connectivity index (χ3v) is 8.29. The van der Waals surface area contributed by atoms with Gasteiger partial charge in [0.05, 0.1) is 24.1 Å². The van der Waals surface area contributed by atoms with Crippen molar-refractivity contribution in [3.63, 3.8) is 0 Å². The highest BCUT2D eigenvalue weighted by molar-refractivity contribution is 7.89. The van der Waals surface area contributed by atoms with Crippen LogP contribution in [-0.4, -0.2) is 59.1 Å². The first-order valence-corrected chi connectivity index (χ1v) is 13.7. The first-order chi connectivity index (χ1) is 16.9. The number of thiophene rings is 1. The minimum Gasteiger partial charge on any atom is -0.495 e. The number of rotatable bonds is 9. The van der Waals surface area contributed by atoms with E-state index in [0.717, 1.165) is 10.4 Å². The average Bonchev–Trinajstić information content (AvgIpc) is 3.38. The summed E-state index contributed by atoms with van der Waals surface area (Å²) in [6.07, 6.45) is 0.849. The zero-order valence-electron chi connectivity index (χ0n) is 19.4. The lowest BCUT2D eigenvalue weighted by atomic mass is 10.1. The minimum atomic E-state index is -3.75. The van der Waals surface area contributed by atoms with Crippen molar-refractivity contribution in [1.29, 1.82) is 0 Å². The SMILES string of the molecule is COc1ccc(S(=O)(=O)NCCc2ccc(F)cc2)cc1N1CCN(C(=O)Cc2cccs2)CC1. The highest BCUT2D eigenvalue weighted by Gasteiger charge is 2.25. The van der Waals surface area contributed by atoms with Crippen LogP contribution in [0.3, 0.4) is 0 Å². The van der Waals surface area contributed by atoms with Gasteiger partial charge in [-0.2, -0.15) is 0 Å². The van der Waals surface area contributed by atoms with Gasteiger partial charge in [-0.1, -0.05) is 18.2 Å². The van der Waals surface area contributed by atoms with E-state index in [1.54, 1.807) is 42.7 Å². The number of anilines is 1. The van der Waals surface area contributed by atoms with Crippen LogP contribution >= 0.6 is 11.3 Å². The zero-order valence-corrected chi connectivity index (χ0v) is 21.1. The van der Waals surface area contributed by atoms with Crippen molar-refractivity contribution >= 4 is 33.0 Å². The second kappa shape index (κ2) is 11.2. The molecule has 1 aliphatic rings. The van der Waals surface area contributed by atoms with Crippen molar-refractivity contribution < 1.29 is 22.3 Å². The molecule has 1 fully saturated rings. The van der Waals surface area contributed by atoms with Crippen LogP contribution < -0.4 is 14.4 Å². The average molecular weight is 518 g/mol. The van der Waals surface area contributed by atoms with E-state index in [0.29, 0.717) is 50.5 Å². The molecular weight excluding hydrogens is 489 g/mol. The number of nitrogens with zero attached hydrogens (tertiary/aromatic N) is 2. The number of benzene rings is 2. The third-order valence-electron chi connectivity index (χ3n) is 5.96. The normalized spacial score (nSPS) is 14.2. The van der Waals surface area contributed by atoms with E-state index in [2.05, 4.69) is 4.72 Å². The molecule has 0 bridgehead atoms. The number of halogens is 1. The number of methoxy groups -OCH3 is 1. The fourth-order valence-corrected chi connectivity index (χ4v) is 5.77. The van der Waals surface area contributed by atoms with Crippen LogP contribution in [0, 0.1) is 5.82 Å². The molecule has 0 radical (unpaired) electrons. The predicted molar refractivity (Wildman–Crippen MR) is 135 cm³/mol. The fraction of sp³-hybridized carbons (Fsp3) is 0.320. The summed E-state index contributed by atoms with van der Waals surface area (Å²) in [4.78, 5) is 17.7. The molecule has 2 aromatic carbocycles. The Hall–Kier alpha value is -2.95. The van der Waals surface area contributed by atoms with Gasteiger partial charge >= 0.3 is 0 Å². The second-order valence-corrected chi connectivity index (χ2v) is 11.0. The van der Waals surface area contributed by atoms with E-state index >= 15 is 0 Å². The Morgan fingerprint density at radius 2 is 1.83 bits per heavy atom. The molecule has 0 saturated carbocycles. The highest BCUT2D eigenvalue weighted by atomic mass is 32.2. The topological polar surface area (TPSA) is 79.0 Å². The number of carbonyl (C=O) groups excluding carboxylic acids is 1. The first-order valence-electron chi connectivity index (χ1n) is 11.3. The summed E-state index contributed by atoms with van der Waals surface area (Å²) in [7, 11) is -2.20. The van der Waals surface area contributed by atoms with Crippen LogP contribution in [0.5, 0.6) is 5.75 Å². The van der Waals surface area contributed by atoms with Gasteiger partial charge in [0.25, 0.3) is 0 Å². The smallest absolute Gasteiger partial charge is 0.240 e. The Kier molecular flexibility index (Phi) is 8.04. The summed E-state index contributed by atoms with van der Waals surface area (Å²) in [6.45, 7) is 2.46. The molecule has 1 saturated heterocycles. The van der Waals surface area contributed by atoms with Gasteiger partial charge in [0, 0.05) is 37.6 Å². The largest absolute Gasteiger partial charge is 0.495 e. The van der Waals surface area contributed by atoms with Gasteiger partial charge < -0.3 is 14.5 Å². The third kappa shape index (κ3) is 6.39. The Morgan fingerprint density at radius 1 is 1.09 bits per heavy atom. The van der Waals surface area contributed by atoms with Crippen LogP contribution in [-0.2, 0) is 27.7 Å². The Labute approximate surface area is 209 Å². The molecular formula is C25H28FN3O4S2. The maximum atomic E-state index is 13.1. The number of piperazine rings is 1. The molecule has 0 atom stereocenters. The molecule has 35 heavy (non-hydrogen) atoms. The van der Waals surface area contributed by atoms with Crippen LogP contribution in [0.15, 0.2) is 64.9 Å². The zero-order chi connectivity index (χ0) is 24.8. The monoisotopic (exact) mass is 517 g/mol. The van der Waals surface area contributed by atoms with Gasteiger partial charge in [-0.3, -0.25) is 4.79 Å². The van der Waals surface area contributed by atoms with Crippen LogP contribution in [0.4, 0.5) is 10.1 Å². The first kappa shape index (κ1) is 25.2. The quantitative estimate of drug-likeness (QED) is 0.471. The number of hydrogen-bond donors (Lipinski definition) is 1. The lowest BCUT2D eigenvalue weighted by molar-refractivity contribution is -0.130. The maximum Gasteiger partial charge on any atom is 0.240 e. The molecule has 7 nitrogen and oxygen atoms in total. The van der Waals surface area contributed by atoms with Crippen molar-refractivity contribution in [2.45, 2.75) is 17.7 Å². The van der Waals surface area contributed by atoms with E-state index in [1.807, 2.05) is 27.3 Å². The van der Waals surface area contributed by atoms with E-state index < -0.39 is 10.0 Å². The molecule has 3 aromatic rings. The molecule has 1 amide bonds. The molecule has 0 aliphatic carbocycles. The summed E-state index contributed by atoms with van der Waals surface area (Å²) < 4.78 is 47.0. The number of nitrogens with one attached hydrogen (secondary N) is 1. The Balaban J connectivity index is 1.39. The summed E-state index contributed by atoms with van der Waals surface area (Å²) >= 11 is 1.57. The van der Waals surface area contributed by atoms with Crippen LogP contribution in [0.1, 0.15) is 10.4 Å². The molecule has 4 rings (SSSR count). The molecule has 2 heterocycles. The van der Waals surface area contributed by atoms with E-state index in [-0.39, 0.29) is 23.2 Å². The number of hydrogen-bond acceptors (Lipinski definition) is 6. The number of carbonyl (C=O) groups is 1. The Bertz CT molecular complexity index is 1240. The highest BCUT2D eigenvalue weighted by Crippen LogP contribution is 2.32. The van der Waals surface area contributed by atoms with Gasteiger partial charge in [0.15, 0.2) is 0 Å². The van der Waals surface area contributed by atoms with Gasteiger partial charge in [-0.15, -0.1) is 11.3 Å². The van der Waals surface area contributed by atoms with E-state index in [1.165, 1.54) is 18.2 Å². The number of ether oxygens (including phenoxy) is 1. The van der Waals surface area contributed by atoms with Gasteiger partial charge in [0.1, 0.15) is 11.6 Å². The van der Waals surface area contributed by atoms with Crippen molar-refractivity contribution in [2.75, 3.05) is 44.7 Å². The lowest BCUT2D eigenvalue weighted by Gasteiger charge is -2.36. The van der Waals surface area contributed by atoms with Gasteiger partial charge in [-0.25, -0.2) is 17.5 Å². The summed E-state index contributed by atoms with van der Waals surface area (Å²) in [5.41, 5.74) is 1.52. The van der Waals surface area contributed by atoms with Crippen LogP contribution in [0.25, 0.3) is 0 Å². The van der Waals surface area contributed by atoms with Gasteiger partial charge in [0.2, 0.25) is 15.9 Å². The van der Waals surface area contributed by atoms with Gasteiger partial charge in [-0.05, 0) is 53.8 Å². The maximum absolute atomic E-state index is 13.1. The minimum absolute atomic E-state index is 0.0979. The number of amides is 1. The summed E-state index contributed by atoms with van der Waals surface area (Å²) in [5, 5.41) is 1.96. The van der Waals surface area contributed by atoms with E-state index in [4.69, 9.17) is 4.74 Å². The van der Waals surface area contributed by atoms with Crippen molar-refractivity contribution in [2.24, 2.45) is 0 Å². The van der Waals surface area contributed by atoms with Crippen molar-refractivity contribution in [3.05, 3.63) is 76.2 Å². The molecule has 10 heteroatoms. The number of sulfonamides is 1.